The Hall–Kier alpha value is -8.87. The van der Waals surface area contributed by atoms with E-state index in [-0.39, 0.29) is 0 Å². The molecule has 0 aliphatic carbocycles. The molecule has 0 amide bonds. The van der Waals surface area contributed by atoms with E-state index in [1.165, 1.54) is 38.1 Å². The third-order valence-electron chi connectivity index (χ3n) is 13.1. The Balaban J connectivity index is 1.13. The van der Waals surface area contributed by atoms with Gasteiger partial charge in [0.2, 0.25) is 5.95 Å². The summed E-state index contributed by atoms with van der Waals surface area (Å²) in [5, 5.41) is 11.5. The van der Waals surface area contributed by atoms with Gasteiger partial charge in [0.25, 0.3) is 0 Å². The topological polar surface area (TPSA) is 61.7 Å². The van der Waals surface area contributed by atoms with E-state index in [0.29, 0.717) is 17.6 Å². The molecule has 6 heteroatoms. The largest absolute Gasteiger partial charge is 0.456 e. The molecule has 14 aromatic rings. The van der Waals surface area contributed by atoms with Crippen molar-refractivity contribution in [2.75, 3.05) is 0 Å². The Bertz CT molecular complexity index is 4240. The van der Waals surface area contributed by atoms with Crippen LogP contribution in [0.15, 0.2) is 217 Å². The molecule has 0 N–H and O–H groups in total. The fourth-order valence-electron chi connectivity index (χ4n) is 10.3. The van der Waals surface area contributed by atoms with Gasteiger partial charge in [0.1, 0.15) is 11.2 Å². The minimum absolute atomic E-state index is 0.539. The molecule has 4 aromatic heterocycles. The SMILES string of the molecule is c1ccc(-c2cccc(-n3c4ccccc4c4c5c6c7ccccc7c7ccccc7c6n(-c6nc(-c7ccccc7)nc(-c7ccc8c(c7)oc7ccccc78)n6)c5ccc43)c2)cc1. The molecule has 0 aliphatic heterocycles. The average molecular weight is 830 g/mol. The Labute approximate surface area is 371 Å². The molecule has 0 atom stereocenters. The molecular formula is C59H35N5O. The van der Waals surface area contributed by atoms with Crippen molar-refractivity contribution in [1.82, 2.24) is 24.1 Å². The third-order valence-corrected chi connectivity index (χ3v) is 13.1. The average Bonchev–Trinajstić information content (AvgIpc) is 4.05. The van der Waals surface area contributed by atoms with Crippen LogP contribution in [0.4, 0.5) is 0 Å². The lowest BCUT2D eigenvalue weighted by molar-refractivity contribution is 0.669. The van der Waals surface area contributed by atoms with Gasteiger partial charge in [0, 0.05) is 54.5 Å². The van der Waals surface area contributed by atoms with Crippen LogP contribution in [0.2, 0.25) is 0 Å². The number of fused-ring (bicyclic) bond motifs is 15. The van der Waals surface area contributed by atoms with Gasteiger partial charge in [-0.2, -0.15) is 9.97 Å². The number of aromatic nitrogens is 5. The molecule has 0 unspecified atom stereocenters. The second-order valence-electron chi connectivity index (χ2n) is 16.7. The zero-order valence-corrected chi connectivity index (χ0v) is 34.9. The van der Waals surface area contributed by atoms with Crippen molar-refractivity contribution in [3.05, 3.63) is 212 Å². The molecule has 14 rings (SSSR count). The lowest BCUT2D eigenvalue weighted by Crippen LogP contribution is -2.06. The van der Waals surface area contributed by atoms with Gasteiger partial charge in [-0.25, -0.2) is 4.98 Å². The van der Waals surface area contributed by atoms with Gasteiger partial charge in [0.05, 0.1) is 22.1 Å². The minimum Gasteiger partial charge on any atom is -0.456 e. The van der Waals surface area contributed by atoms with Crippen molar-refractivity contribution in [2.24, 2.45) is 0 Å². The van der Waals surface area contributed by atoms with Gasteiger partial charge in [-0.3, -0.25) is 4.57 Å². The van der Waals surface area contributed by atoms with Crippen molar-refractivity contribution >= 4 is 87.1 Å². The molecule has 0 aliphatic rings. The van der Waals surface area contributed by atoms with Crippen LogP contribution in [0, 0.1) is 0 Å². The highest BCUT2D eigenvalue weighted by Crippen LogP contribution is 2.47. The maximum atomic E-state index is 6.40. The predicted octanol–water partition coefficient (Wildman–Crippen LogP) is 15.3. The number of benzene rings is 10. The Morgan fingerprint density at radius 1 is 0.308 bits per heavy atom. The molecule has 0 bridgehead atoms. The van der Waals surface area contributed by atoms with E-state index in [2.05, 4.69) is 185 Å². The second-order valence-corrected chi connectivity index (χ2v) is 16.7. The van der Waals surface area contributed by atoms with E-state index < -0.39 is 0 Å². The molecule has 0 radical (unpaired) electrons. The van der Waals surface area contributed by atoms with Crippen LogP contribution < -0.4 is 0 Å². The van der Waals surface area contributed by atoms with Gasteiger partial charge < -0.3 is 8.98 Å². The van der Waals surface area contributed by atoms with Crippen LogP contribution in [0.3, 0.4) is 0 Å². The van der Waals surface area contributed by atoms with Crippen LogP contribution in [0.25, 0.3) is 133 Å². The van der Waals surface area contributed by atoms with Gasteiger partial charge in [0.15, 0.2) is 11.6 Å². The normalized spacial score (nSPS) is 12.0. The van der Waals surface area contributed by atoms with E-state index in [0.717, 1.165) is 77.0 Å². The molecular weight excluding hydrogens is 795 g/mol. The zero-order chi connectivity index (χ0) is 42.6. The Morgan fingerprint density at radius 2 is 0.892 bits per heavy atom. The molecule has 0 saturated heterocycles. The summed E-state index contributed by atoms with van der Waals surface area (Å²) >= 11 is 0. The predicted molar refractivity (Wildman–Crippen MR) is 267 cm³/mol. The summed E-state index contributed by atoms with van der Waals surface area (Å²) in [5.74, 6) is 1.69. The highest BCUT2D eigenvalue weighted by molar-refractivity contribution is 6.38. The molecule has 10 aromatic carbocycles. The second kappa shape index (κ2) is 13.8. The zero-order valence-electron chi connectivity index (χ0n) is 34.9. The maximum absolute atomic E-state index is 6.40. The van der Waals surface area contributed by atoms with Gasteiger partial charge in [-0.15, -0.1) is 0 Å². The first-order valence-electron chi connectivity index (χ1n) is 21.9. The van der Waals surface area contributed by atoms with Crippen molar-refractivity contribution in [1.29, 1.82) is 0 Å². The van der Waals surface area contributed by atoms with Crippen molar-refractivity contribution in [3.63, 3.8) is 0 Å². The summed E-state index contributed by atoms with van der Waals surface area (Å²) < 4.78 is 11.1. The highest BCUT2D eigenvalue weighted by Gasteiger charge is 2.26. The summed E-state index contributed by atoms with van der Waals surface area (Å²) in [6.45, 7) is 0. The molecule has 6 nitrogen and oxygen atoms in total. The first-order valence-corrected chi connectivity index (χ1v) is 21.9. The Morgan fingerprint density at radius 3 is 1.68 bits per heavy atom. The van der Waals surface area contributed by atoms with Crippen LogP contribution in [0.5, 0.6) is 0 Å². The number of hydrogen-bond donors (Lipinski definition) is 0. The monoisotopic (exact) mass is 829 g/mol. The summed E-state index contributed by atoms with van der Waals surface area (Å²) in [7, 11) is 0. The van der Waals surface area contributed by atoms with E-state index in [4.69, 9.17) is 19.4 Å². The molecule has 4 heterocycles. The first kappa shape index (κ1) is 35.7. The van der Waals surface area contributed by atoms with E-state index in [1.54, 1.807) is 0 Å². The lowest BCUT2D eigenvalue weighted by Gasteiger charge is -2.13. The lowest BCUT2D eigenvalue weighted by atomic mass is 9.95. The number of rotatable bonds is 5. The van der Waals surface area contributed by atoms with Crippen LogP contribution >= 0.6 is 0 Å². The molecule has 65 heavy (non-hydrogen) atoms. The molecule has 302 valence electrons. The quantitative estimate of drug-likeness (QED) is 0.162. The number of hydrogen-bond acceptors (Lipinski definition) is 4. The minimum atomic E-state index is 0.539. The standard InChI is InChI=1S/C59H35N5O/c1-3-16-36(17-4-1)38-20-15-21-40(34-38)63-48-28-13-11-27-47(48)53-49(63)32-33-50-55(53)54-45-25-9-7-22-41(45)42-23-8-10-26-46(42)56(54)64(50)59-61-57(37-18-5-2-6-19-37)60-58(62-59)39-30-31-44-43-24-12-14-29-51(43)65-52(44)35-39/h1-35H. The fourth-order valence-corrected chi connectivity index (χ4v) is 10.3. The highest BCUT2D eigenvalue weighted by atomic mass is 16.3. The van der Waals surface area contributed by atoms with Crippen LogP contribution in [-0.4, -0.2) is 24.1 Å². The van der Waals surface area contributed by atoms with E-state index in [9.17, 15) is 0 Å². The van der Waals surface area contributed by atoms with Crippen LogP contribution in [0.1, 0.15) is 0 Å². The van der Waals surface area contributed by atoms with Crippen molar-refractivity contribution in [2.45, 2.75) is 0 Å². The fraction of sp³-hybridized carbons (Fsp3) is 0. The van der Waals surface area contributed by atoms with Crippen molar-refractivity contribution in [3.8, 4) is 45.5 Å². The number of para-hydroxylation sites is 2. The summed E-state index contributed by atoms with van der Waals surface area (Å²) in [6, 6.07) is 75.0. The summed E-state index contributed by atoms with van der Waals surface area (Å²) in [5.41, 5.74) is 11.2. The summed E-state index contributed by atoms with van der Waals surface area (Å²) in [4.78, 5) is 16.0. The van der Waals surface area contributed by atoms with E-state index >= 15 is 0 Å². The van der Waals surface area contributed by atoms with Crippen molar-refractivity contribution < 1.29 is 4.42 Å². The van der Waals surface area contributed by atoms with Gasteiger partial charge in [-0.05, 0) is 75.8 Å². The molecule has 0 spiro atoms. The molecule has 0 fully saturated rings. The van der Waals surface area contributed by atoms with Gasteiger partial charge in [-0.1, -0.05) is 164 Å². The van der Waals surface area contributed by atoms with E-state index in [1.807, 2.05) is 36.4 Å². The van der Waals surface area contributed by atoms with Gasteiger partial charge >= 0.3 is 0 Å². The first-order chi connectivity index (χ1) is 32.2. The Kier molecular flexibility index (Phi) is 7.59. The molecule has 0 saturated carbocycles. The van der Waals surface area contributed by atoms with Crippen LogP contribution in [-0.2, 0) is 0 Å². The maximum Gasteiger partial charge on any atom is 0.238 e. The smallest absolute Gasteiger partial charge is 0.238 e. The summed E-state index contributed by atoms with van der Waals surface area (Å²) in [6.07, 6.45) is 0. The number of nitrogens with zero attached hydrogens (tertiary/aromatic N) is 5. The number of furan rings is 1. The third kappa shape index (κ3) is 5.31.